The van der Waals surface area contributed by atoms with Crippen molar-refractivity contribution in [2.45, 2.75) is 38.9 Å². The van der Waals surface area contributed by atoms with Gasteiger partial charge < -0.3 is 4.90 Å². The van der Waals surface area contributed by atoms with Gasteiger partial charge in [0, 0.05) is 18.5 Å². The van der Waals surface area contributed by atoms with Gasteiger partial charge in [0.1, 0.15) is 0 Å². The molecule has 0 radical (unpaired) electrons. The van der Waals surface area contributed by atoms with E-state index in [1.807, 2.05) is 27.5 Å². The summed E-state index contributed by atoms with van der Waals surface area (Å²) in [4.78, 5) is 14.9. The molecule has 0 saturated heterocycles. The Morgan fingerprint density at radius 1 is 1.07 bits per heavy atom. The number of rotatable bonds is 7. The number of carbonyl (C=O) groups excluding carboxylic acids is 1. The van der Waals surface area contributed by atoms with E-state index < -0.39 is 0 Å². The Kier molecular flexibility index (Phi) is 6.04. The highest BCUT2D eigenvalue weighted by molar-refractivity contribution is 7.99. The van der Waals surface area contributed by atoms with Gasteiger partial charge in [0.05, 0.1) is 11.3 Å². The van der Waals surface area contributed by atoms with E-state index in [-0.39, 0.29) is 5.91 Å². The van der Waals surface area contributed by atoms with Crippen LogP contribution in [0, 0.1) is 13.8 Å². The van der Waals surface area contributed by atoms with Crippen LogP contribution in [0.3, 0.4) is 0 Å². The van der Waals surface area contributed by atoms with Crippen LogP contribution in [0.4, 0.5) is 0 Å². The van der Waals surface area contributed by atoms with Crippen LogP contribution in [0.5, 0.6) is 0 Å². The van der Waals surface area contributed by atoms with Gasteiger partial charge in [-0.3, -0.25) is 9.20 Å². The minimum Gasteiger partial charge on any atom is -0.338 e. The first-order chi connectivity index (χ1) is 14.6. The number of aryl methyl sites for hydroxylation is 2. The average molecular weight is 419 g/mol. The molecule has 4 rings (SSSR count). The normalized spacial score (nSPS) is 11.3. The Bertz CT molecular complexity index is 1180. The van der Waals surface area contributed by atoms with E-state index in [0.717, 1.165) is 34.8 Å². The molecule has 0 saturated carbocycles. The molecule has 0 N–H and O–H groups in total. The van der Waals surface area contributed by atoms with Crippen molar-refractivity contribution in [3.05, 3.63) is 71.3 Å². The third kappa shape index (κ3) is 4.19. The van der Waals surface area contributed by atoms with Gasteiger partial charge in [0.2, 0.25) is 5.91 Å². The Balaban J connectivity index is 1.54. The zero-order chi connectivity index (χ0) is 21.1. The van der Waals surface area contributed by atoms with Gasteiger partial charge in [-0.25, -0.2) is 0 Å². The van der Waals surface area contributed by atoms with Gasteiger partial charge in [-0.15, -0.1) is 10.2 Å². The number of hydrogen-bond acceptors (Lipinski definition) is 4. The monoisotopic (exact) mass is 418 g/mol. The fraction of sp³-hybridized carbons (Fsp3) is 0.292. The van der Waals surface area contributed by atoms with Gasteiger partial charge in [0.15, 0.2) is 10.8 Å². The van der Waals surface area contributed by atoms with Gasteiger partial charge >= 0.3 is 0 Å². The van der Waals surface area contributed by atoms with Crippen LogP contribution in [0.15, 0.2) is 59.8 Å². The number of hydrogen-bond donors (Lipinski definition) is 0. The van der Waals surface area contributed by atoms with Crippen molar-refractivity contribution in [2.24, 2.45) is 0 Å². The average Bonchev–Trinajstić information content (AvgIpc) is 3.16. The van der Waals surface area contributed by atoms with Crippen LogP contribution < -0.4 is 0 Å². The summed E-state index contributed by atoms with van der Waals surface area (Å²) < 4.78 is 2.05. The van der Waals surface area contributed by atoms with Gasteiger partial charge in [0.25, 0.3) is 0 Å². The first-order valence-corrected chi connectivity index (χ1v) is 11.2. The van der Waals surface area contributed by atoms with E-state index in [2.05, 4.69) is 67.4 Å². The van der Waals surface area contributed by atoms with E-state index in [1.165, 1.54) is 28.3 Å². The lowest BCUT2D eigenvalue weighted by atomic mass is 10.1. The first-order valence-electron chi connectivity index (χ1n) is 10.3. The second kappa shape index (κ2) is 8.88. The highest BCUT2D eigenvalue weighted by Gasteiger charge is 2.17. The molecule has 5 nitrogen and oxygen atoms in total. The molecule has 2 heterocycles. The minimum atomic E-state index is 0.121. The molecule has 4 aromatic rings. The molecule has 0 unspecified atom stereocenters. The van der Waals surface area contributed by atoms with E-state index in [0.29, 0.717) is 12.3 Å². The number of pyridine rings is 1. The summed E-state index contributed by atoms with van der Waals surface area (Å²) in [6.45, 7) is 7.64. The SMILES string of the molecule is CCCN(Cc1ccc(C)cc1)C(=O)CSc1nnc2cc(C)c3ccccc3n12. The van der Waals surface area contributed by atoms with E-state index >= 15 is 0 Å². The summed E-state index contributed by atoms with van der Waals surface area (Å²) in [7, 11) is 0. The van der Waals surface area contributed by atoms with Crippen molar-refractivity contribution in [1.29, 1.82) is 0 Å². The molecule has 0 spiro atoms. The number of amides is 1. The highest BCUT2D eigenvalue weighted by atomic mass is 32.2. The predicted octanol–water partition coefficient (Wildman–Crippen LogP) is 5.03. The van der Waals surface area contributed by atoms with Crippen molar-refractivity contribution in [1.82, 2.24) is 19.5 Å². The Morgan fingerprint density at radius 3 is 2.60 bits per heavy atom. The Labute approximate surface area is 181 Å². The summed E-state index contributed by atoms with van der Waals surface area (Å²) >= 11 is 1.45. The molecule has 2 aromatic heterocycles. The molecular weight excluding hydrogens is 392 g/mol. The second-order valence-electron chi connectivity index (χ2n) is 7.61. The van der Waals surface area contributed by atoms with Crippen molar-refractivity contribution >= 4 is 34.2 Å². The van der Waals surface area contributed by atoms with Gasteiger partial charge in [-0.2, -0.15) is 0 Å². The van der Waals surface area contributed by atoms with Crippen LogP contribution in [0.1, 0.15) is 30.0 Å². The van der Waals surface area contributed by atoms with Crippen molar-refractivity contribution < 1.29 is 4.79 Å². The number of nitrogens with zero attached hydrogens (tertiary/aromatic N) is 4. The van der Waals surface area contributed by atoms with Crippen molar-refractivity contribution in [2.75, 3.05) is 12.3 Å². The summed E-state index contributed by atoms with van der Waals surface area (Å²) in [6, 6.07) is 18.7. The standard InChI is InChI=1S/C24H26N4OS/c1-4-13-27(15-19-11-9-17(2)10-12-19)23(29)16-30-24-26-25-22-14-18(3)20-7-5-6-8-21(20)28(22)24/h5-12,14H,4,13,15-16H2,1-3H3. The largest absolute Gasteiger partial charge is 0.338 e. The first kappa shape index (κ1) is 20.4. The third-order valence-electron chi connectivity index (χ3n) is 5.24. The van der Waals surface area contributed by atoms with Crippen LogP contribution in [-0.2, 0) is 11.3 Å². The maximum atomic E-state index is 13.0. The van der Waals surface area contributed by atoms with E-state index in [1.54, 1.807) is 0 Å². The van der Waals surface area contributed by atoms with Crippen molar-refractivity contribution in [3.63, 3.8) is 0 Å². The minimum absolute atomic E-state index is 0.121. The molecule has 0 bridgehead atoms. The number of fused-ring (bicyclic) bond motifs is 3. The zero-order valence-electron chi connectivity index (χ0n) is 17.6. The quantitative estimate of drug-likeness (QED) is 0.395. The summed E-state index contributed by atoms with van der Waals surface area (Å²) in [6.07, 6.45) is 0.931. The van der Waals surface area contributed by atoms with Gasteiger partial charge in [-0.1, -0.05) is 66.7 Å². The Morgan fingerprint density at radius 2 is 1.83 bits per heavy atom. The fourth-order valence-electron chi connectivity index (χ4n) is 3.66. The lowest BCUT2D eigenvalue weighted by Gasteiger charge is -2.22. The molecular formula is C24H26N4OS. The maximum Gasteiger partial charge on any atom is 0.233 e. The molecule has 154 valence electrons. The summed E-state index contributed by atoms with van der Waals surface area (Å²) in [5, 5.41) is 10.6. The molecule has 0 fully saturated rings. The maximum absolute atomic E-state index is 13.0. The number of aromatic nitrogens is 3. The Hall–Kier alpha value is -2.86. The topological polar surface area (TPSA) is 50.5 Å². The predicted molar refractivity (Wildman–Crippen MR) is 123 cm³/mol. The third-order valence-corrected chi connectivity index (χ3v) is 6.15. The van der Waals surface area contributed by atoms with E-state index in [4.69, 9.17) is 0 Å². The molecule has 6 heteroatoms. The lowest BCUT2D eigenvalue weighted by molar-refractivity contribution is -0.129. The number of benzene rings is 2. The molecule has 0 aliphatic heterocycles. The lowest BCUT2D eigenvalue weighted by Crippen LogP contribution is -2.32. The number of para-hydroxylation sites is 1. The molecule has 0 aliphatic carbocycles. The number of carbonyl (C=O) groups is 1. The zero-order valence-corrected chi connectivity index (χ0v) is 18.4. The van der Waals surface area contributed by atoms with E-state index in [9.17, 15) is 4.79 Å². The molecule has 0 aliphatic rings. The van der Waals surface area contributed by atoms with Crippen LogP contribution >= 0.6 is 11.8 Å². The summed E-state index contributed by atoms with van der Waals surface area (Å²) in [5.41, 5.74) is 5.43. The van der Waals surface area contributed by atoms with Gasteiger partial charge in [-0.05, 0) is 43.5 Å². The molecule has 2 aromatic carbocycles. The smallest absolute Gasteiger partial charge is 0.233 e. The van der Waals surface area contributed by atoms with Crippen LogP contribution in [-0.4, -0.2) is 37.7 Å². The second-order valence-corrected chi connectivity index (χ2v) is 8.55. The molecule has 0 atom stereocenters. The highest BCUT2D eigenvalue weighted by Crippen LogP contribution is 2.26. The summed E-state index contributed by atoms with van der Waals surface area (Å²) in [5.74, 6) is 0.463. The van der Waals surface area contributed by atoms with Crippen LogP contribution in [0.25, 0.3) is 16.6 Å². The number of thioether (sulfide) groups is 1. The molecule has 1 amide bonds. The van der Waals surface area contributed by atoms with Crippen LogP contribution in [0.2, 0.25) is 0 Å². The fourth-order valence-corrected chi connectivity index (χ4v) is 4.52. The molecule has 30 heavy (non-hydrogen) atoms. The van der Waals surface area contributed by atoms with Crippen molar-refractivity contribution in [3.8, 4) is 0 Å².